The molecule has 0 fully saturated rings. The number of fused-ring (bicyclic) bond motifs is 1. The molecule has 0 aliphatic heterocycles. The van der Waals surface area contributed by atoms with Gasteiger partial charge in [-0.2, -0.15) is 0 Å². The second-order valence-electron chi connectivity index (χ2n) is 7.54. The molecule has 5 heteroatoms. The molecule has 0 saturated heterocycles. The molecule has 4 nitrogen and oxygen atoms in total. The first-order valence-electron chi connectivity index (χ1n) is 10.2. The molecule has 0 unspecified atom stereocenters. The van der Waals surface area contributed by atoms with Crippen LogP contribution < -0.4 is 11.1 Å². The largest absolute Gasteiger partial charge is 0.399 e. The van der Waals surface area contributed by atoms with Crippen LogP contribution in [0.1, 0.15) is 17.0 Å². The SMILES string of the molecule is Cc1c(-c2ccnc(Cc3ccccc3)n2)sc2ccc(Nc3cccc(N)c3)cc12. The van der Waals surface area contributed by atoms with Crippen LogP contribution in [0.25, 0.3) is 20.7 Å². The number of aryl methyl sites for hydroxylation is 1. The number of anilines is 3. The summed E-state index contributed by atoms with van der Waals surface area (Å²) in [7, 11) is 0. The van der Waals surface area contributed by atoms with E-state index < -0.39 is 0 Å². The van der Waals surface area contributed by atoms with E-state index in [1.807, 2.05) is 54.7 Å². The van der Waals surface area contributed by atoms with E-state index in [0.717, 1.165) is 35.0 Å². The number of nitrogens with zero attached hydrogens (tertiary/aromatic N) is 2. The van der Waals surface area contributed by atoms with Gasteiger partial charge in [-0.3, -0.25) is 0 Å². The van der Waals surface area contributed by atoms with Crippen molar-refractivity contribution in [3.8, 4) is 10.6 Å². The first-order valence-corrected chi connectivity index (χ1v) is 11.0. The highest BCUT2D eigenvalue weighted by Gasteiger charge is 2.13. The third-order valence-electron chi connectivity index (χ3n) is 5.25. The number of rotatable bonds is 5. The van der Waals surface area contributed by atoms with Gasteiger partial charge in [0.15, 0.2) is 0 Å². The number of thiophene rings is 1. The average Bonchev–Trinajstić information content (AvgIpc) is 3.11. The number of aromatic nitrogens is 2. The van der Waals surface area contributed by atoms with Gasteiger partial charge < -0.3 is 11.1 Å². The average molecular weight is 423 g/mol. The fourth-order valence-corrected chi connectivity index (χ4v) is 4.87. The molecule has 0 radical (unpaired) electrons. The Morgan fingerprint density at radius 1 is 0.903 bits per heavy atom. The van der Waals surface area contributed by atoms with Crippen molar-refractivity contribution in [1.29, 1.82) is 0 Å². The Kier molecular flexibility index (Phi) is 5.10. The predicted octanol–water partition coefficient (Wildman–Crippen LogP) is 6.58. The zero-order valence-electron chi connectivity index (χ0n) is 17.2. The quantitative estimate of drug-likeness (QED) is 0.314. The van der Waals surface area contributed by atoms with Gasteiger partial charge in [-0.1, -0.05) is 36.4 Å². The summed E-state index contributed by atoms with van der Waals surface area (Å²) in [6.45, 7) is 2.16. The van der Waals surface area contributed by atoms with E-state index >= 15 is 0 Å². The second kappa shape index (κ2) is 8.20. The highest BCUT2D eigenvalue weighted by atomic mass is 32.1. The van der Waals surface area contributed by atoms with Crippen molar-refractivity contribution < 1.29 is 0 Å². The van der Waals surface area contributed by atoms with Crippen molar-refractivity contribution >= 4 is 38.5 Å². The lowest BCUT2D eigenvalue weighted by molar-refractivity contribution is 0.973. The molecule has 2 heterocycles. The van der Waals surface area contributed by atoms with Gasteiger partial charge in [0.25, 0.3) is 0 Å². The third-order valence-corrected chi connectivity index (χ3v) is 6.55. The Labute approximate surface area is 185 Å². The lowest BCUT2D eigenvalue weighted by atomic mass is 10.1. The predicted molar refractivity (Wildman–Crippen MR) is 131 cm³/mol. The van der Waals surface area contributed by atoms with Crippen molar-refractivity contribution in [3.05, 3.63) is 102 Å². The summed E-state index contributed by atoms with van der Waals surface area (Å²) in [5, 5.41) is 4.68. The van der Waals surface area contributed by atoms with Crippen molar-refractivity contribution in [2.75, 3.05) is 11.1 Å². The van der Waals surface area contributed by atoms with Gasteiger partial charge in [-0.05, 0) is 65.9 Å². The smallest absolute Gasteiger partial charge is 0.133 e. The van der Waals surface area contributed by atoms with Crippen LogP contribution in [0.5, 0.6) is 0 Å². The topological polar surface area (TPSA) is 63.8 Å². The van der Waals surface area contributed by atoms with E-state index in [4.69, 9.17) is 10.7 Å². The van der Waals surface area contributed by atoms with Crippen LogP contribution in [-0.2, 0) is 6.42 Å². The minimum Gasteiger partial charge on any atom is -0.399 e. The van der Waals surface area contributed by atoms with Crippen LogP contribution in [0.15, 0.2) is 85.1 Å². The van der Waals surface area contributed by atoms with Crippen LogP contribution in [-0.4, -0.2) is 9.97 Å². The summed E-state index contributed by atoms with van der Waals surface area (Å²) >= 11 is 1.77. The molecule has 2 aromatic heterocycles. The van der Waals surface area contributed by atoms with Gasteiger partial charge in [0.05, 0.1) is 10.6 Å². The Bertz CT molecular complexity index is 1360. The van der Waals surface area contributed by atoms with E-state index in [1.165, 1.54) is 26.1 Å². The zero-order valence-corrected chi connectivity index (χ0v) is 18.0. The number of nitrogens with one attached hydrogen (secondary N) is 1. The molecule has 0 aliphatic carbocycles. The van der Waals surface area contributed by atoms with Crippen molar-refractivity contribution in [2.24, 2.45) is 0 Å². The molecule has 3 N–H and O–H groups in total. The Hall–Kier alpha value is -3.70. The molecule has 0 saturated carbocycles. The van der Waals surface area contributed by atoms with Crippen LogP contribution in [0, 0.1) is 6.92 Å². The standard InChI is InChI=1S/C26H22N4S/c1-17-22-16-21(29-20-9-5-8-19(27)15-20)10-11-24(22)31-26(17)23-12-13-28-25(30-23)14-18-6-3-2-4-7-18/h2-13,15-16,29H,14,27H2,1H3. The molecular formula is C26H22N4S. The van der Waals surface area contributed by atoms with Crippen LogP contribution in [0.4, 0.5) is 17.1 Å². The molecule has 0 atom stereocenters. The summed E-state index contributed by atoms with van der Waals surface area (Å²) in [6, 6.07) is 26.6. The summed E-state index contributed by atoms with van der Waals surface area (Å²) in [5.41, 5.74) is 12.1. The molecule has 0 spiro atoms. The number of hydrogen-bond donors (Lipinski definition) is 2. The molecular weight excluding hydrogens is 400 g/mol. The van der Waals surface area contributed by atoms with Crippen LogP contribution >= 0.6 is 11.3 Å². The van der Waals surface area contributed by atoms with Gasteiger partial charge >= 0.3 is 0 Å². The molecule has 3 aromatic carbocycles. The molecule has 31 heavy (non-hydrogen) atoms. The second-order valence-corrected chi connectivity index (χ2v) is 8.59. The third kappa shape index (κ3) is 4.13. The van der Waals surface area contributed by atoms with E-state index in [-0.39, 0.29) is 0 Å². The highest BCUT2D eigenvalue weighted by molar-refractivity contribution is 7.22. The van der Waals surface area contributed by atoms with Gasteiger partial charge in [-0.25, -0.2) is 9.97 Å². The first-order chi connectivity index (χ1) is 15.2. The molecule has 0 amide bonds. The summed E-state index contributed by atoms with van der Waals surface area (Å²) < 4.78 is 1.24. The maximum atomic E-state index is 5.91. The number of nitrogens with two attached hydrogens (primary N) is 1. The molecule has 0 aliphatic rings. The van der Waals surface area contributed by atoms with Crippen molar-refractivity contribution in [2.45, 2.75) is 13.3 Å². The Balaban J connectivity index is 1.47. The lowest BCUT2D eigenvalue weighted by Gasteiger charge is -2.07. The fraction of sp³-hybridized carbons (Fsp3) is 0.0769. The minimum atomic E-state index is 0.729. The Morgan fingerprint density at radius 2 is 1.74 bits per heavy atom. The molecule has 5 aromatic rings. The van der Waals surface area contributed by atoms with Crippen LogP contribution in [0.2, 0.25) is 0 Å². The molecule has 0 bridgehead atoms. The normalized spacial score (nSPS) is 11.0. The van der Waals surface area contributed by atoms with Gasteiger partial charge in [0.1, 0.15) is 5.82 Å². The monoisotopic (exact) mass is 422 g/mol. The molecule has 5 rings (SSSR count). The maximum Gasteiger partial charge on any atom is 0.133 e. The van der Waals surface area contributed by atoms with E-state index in [9.17, 15) is 0 Å². The first kappa shape index (κ1) is 19.3. The number of hydrogen-bond acceptors (Lipinski definition) is 5. The van der Waals surface area contributed by atoms with E-state index in [0.29, 0.717) is 0 Å². The summed E-state index contributed by atoms with van der Waals surface area (Å²) in [6.07, 6.45) is 2.59. The fourth-order valence-electron chi connectivity index (χ4n) is 3.72. The number of benzene rings is 3. The van der Waals surface area contributed by atoms with Gasteiger partial charge in [-0.15, -0.1) is 11.3 Å². The van der Waals surface area contributed by atoms with Crippen LogP contribution in [0.3, 0.4) is 0 Å². The minimum absolute atomic E-state index is 0.729. The number of nitrogen functional groups attached to an aromatic ring is 1. The molecule has 152 valence electrons. The van der Waals surface area contributed by atoms with Crippen molar-refractivity contribution in [1.82, 2.24) is 9.97 Å². The maximum absolute atomic E-state index is 5.91. The van der Waals surface area contributed by atoms with Gasteiger partial charge in [0.2, 0.25) is 0 Å². The summed E-state index contributed by atoms with van der Waals surface area (Å²) in [4.78, 5) is 10.5. The zero-order chi connectivity index (χ0) is 21.2. The highest BCUT2D eigenvalue weighted by Crippen LogP contribution is 2.38. The van der Waals surface area contributed by atoms with Gasteiger partial charge in [0, 0.05) is 34.4 Å². The Morgan fingerprint density at radius 3 is 2.58 bits per heavy atom. The van der Waals surface area contributed by atoms with E-state index in [2.05, 4.69) is 47.6 Å². The van der Waals surface area contributed by atoms with E-state index in [1.54, 1.807) is 11.3 Å². The van der Waals surface area contributed by atoms with Crippen molar-refractivity contribution in [3.63, 3.8) is 0 Å². The lowest BCUT2D eigenvalue weighted by Crippen LogP contribution is -1.97. The summed E-state index contributed by atoms with van der Waals surface area (Å²) in [5.74, 6) is 0.838.